The summed E-state index contributed by atoms with van der Waals surface area (Å²) in [6, 6.07) is 4.96. The Morgan fingerprint density at radius 3 is 2.72 bits per heavy atom. The first kappa shape index (κ1) is 17.2. The van der Waals surface area contributed by atoms with Crippen molar-refractivity contribution in [1.82, 2.24) is 14.5 Å². The zero-order valence-corrected chi connectivity index (χ0v) is 14.8. The fraction of sp³-hybridized carbons (Fsp3) is 0.333. The number of aryl methyl sites for hydroxylation is 2. The molecule has 25 heavy (non-hydrogen) atoms. The van der Waals surface area contributed by atoms with Gasteiger partial charge in [-0.25, -0.2) is 8.42 Å². The highest BCUT2D eigenvalue weighted by atomic mass is 32.2. The minimum atomic E-state index is -3.82. The van der Waals surface area contributed by atoms with Gasteiger partial charge in [-0.15, -0.1) is 0 Å². The summed E-state index contributed by atoms with van der Waals surface area (Å²) < 4.78 is 36.7. The highest BCUT2D eigenvalue weighted by Crippen LogP contribution is 2.34. The van der Waals surface area contributed by atoms with Gasteiger partial charge in [0.25, 0.3) is 0 Å². The largest absolute Gasteiger partial charge is 0.454 e. The summed E-state index contributed by atoms with van der Waals surface area (Å²) in [4.78, 5) is 12.3. The highest BCUT2D eigenvalue weighted by Gasteiger charge is 2.28. The molecule has 9 nitrogen and oxygen atoms in total. The van der Waals surface area contributed by atoms with E-state index in [2.05, 4.69) is 15.5 Å². The van der Waals surface area contributed by atoms with Crippen LogP contribution in [0.1, 0.15) is 11.4 Å². The predicted octanol–water partition coefficient (Wildman–Crippen LogP) is 1.01. The SMILES string of the molecule is Cc1n[nH]c(C)c1S(=O)(=O)N(C)CC(=O)Nc1ccc2c(c1)OCO2. The van der Waals surface area contributed by atoms with E-state index in [9.17, 15) is 13.2 Å². The van der Waals surface area contributed by atoms with Crippen molar-refractivity contribution < 1.29 is 22.7 Å². The van der Waals surface area contributed by atoms with Gasteiger partial charge in [0.1, 0.15) is 4.90 Å². The van der Waals surface area contributed by atoms with E-state index in [1.54, 1.807) is 32.0 Å². The lowest BCUT2D eigenvalue weighted by Gasteiger charge is -2.17. The molecule has 2 heterocycles. The highest BCUT2D eigenvalue weighted by molar-refractivity contribution is 7.89. The summed E-state index contributed by atoms with van der Waals surface area (Å²) >= 11 is 0. The second-order valence-electron chi connectivity index (χ2n) is 5.64. The number of sulfonamides is 1. The number of hydrogen-bond donors (Lipinski definition) is 2. The maximum Gasteiger partial charge on any atom is 0.246 e. The number of nitrogens with zero attached hydrogens (tertiary/aromatic N) is 2. The van der Waals surface area contributed by atoms with Crippen molar-refractivity contribution in [2.45, 2.75) is 18.7 Å². The van der Waals surface area contributed by atoms with Gasteiger partial charge in [-0.1, -0.05) is 0 Å². The van der Waals surface area contributed by atoms with E-state index in [-0.39, 0.29) is 18.2 Å². The third-order valence-electron chi connectivity index (χ3n) is 3.75. The van der Waals surface area contributed by atoms with Crippen LogP contribution >= 0.6 is 0 Å². The van der Waals surface area contributed by atoms with Gasteiger partial charge in [0.05, 0.1) is 17.9 Å². The van der Waals surface area contributed by atoms with E-state index in [0.717, 1.165) is 4.31 Å². The van der Waals surface area contributed by atoms with E-state index in [4.69, 9.17) is 9.47 Å². The molecule has 0 saturated carbocycles. The molecule has 2 aromatic rings. The molecule has 0 bridgehead atoms. The molecule has 0 fully saturated rings. The number of aromatic amines is 1. The van der Waals surface area contributed by atoms with Crippen LogP contribution in [0.2, 0.25) is 0 Å². The van der Waals surface area contributed by atoms with Crippen LogP contribution in [-0.2, 0) is 14.8 Å². The van der Waals surface area contributed by atoms with E-state index in [1.165, 1.54) is 7.05 Å². The van der Waals surface area contributed by atoms with Crippen molar-refractivity contribution >= 4 is 21.6 Å². The molecule has 0 saturated heterocycles. The zero-order valence-electron chi connectivity index (χ0n) is 14.0. The molecule has 0 aliphatic carbocycles. The van der Waals surface area contributed by atoms with Crippen molar-refractivity contribution in [3.05, 3.63) is 29.6 Å². The zero-order chi connectivity index (χ0) is 18.2. The maximum absolute atomic E-state index is 12.6. The van der Waals surface area contributed by atoms with E-state index in [0.29, 0.717) is 28.6 Å². The Hall–Kier alpha value is -2.59. The summed E-state index contributed by atoms with van der Waals surface area (Å²) in [7, 11) is -2.47. The molecule has 0 unspecified atom stereocenters. The molecule has 0 spiro atoms. The minimum Gasteiger partial charge on any atom is -0.454 e. The van der Waals surface area contributed by atoms with Crippen LogP contribution in [0.25, 0.3) is 0 Å². The van der Waals surface area contributed by atoms with Crippen LogP contribution in [-0.4, -0.2) is 49.2 Å². The van der Waals surface area contributed by atoms with E-state index >= 15 is 0 Å². The first-order valence-corrected chi connectivity index (χ1v) is 8.90. The molecule has 1 aliphatic rings. The standard InChI is InChI=1S/C15H18N4O5S/c1-9-15(10(2)18-17-9)25(21,22)19(3)7-14(20)16-11-4-5-12-13(6-11)24-8-23-12/h4-6H,7-8H2,1-3H3,(H,16,20)(H,17,18). The lowest BCUT2D eigenvalue weighted by molar-refractivity contribution is -0.116. The molecule has 1 aromatic heterocycles. The number of anilines is 1. The van der Waals surface area contributed by atoms with Crippen LogP contribution in [0.3, 0.4) is 0 Å². The van der Waals surface area contributed by atoms with Gasteiger partial charge >= 0.3 is 0 Å². The summed E-state index contributed by atoms with van der Waals surface area (Å²) in [6.45, 7) is 3.02. The maximum atomic E-state index is 12.6. The second-order valence-corrected chi connectivity index (χ2v) is 7.62. The van der Waals surface area contributed by atoms with Crippen molar-refractivity contribution in [3.8, 4) is 11.5 Å². The molecule has 1 aromatic carbocycles. The normalized spacial score (nSPS) is 13.3. The fourth-order valence-electron chi connectivity index (χ4n) is 2.54. The van der Waals surface area contributed by atoms with Crippen LogP contribution < -0.4 is 14.8 Å². The first-order chi connectivity index (χ1) is 11.8. The lowest BCUT2D eigenvalue weighted by atomic mass is 10.3. The topological polar surface area (TPSA) is 114 Å². The number of fused-ring (bicyclic) bond motifs is 1. The smallest absolute Gasteiger partial charge is 0.246 e. The van der Waals surface area contributed by atoms with Gasteiger partial charge in [-0.2, -0.15) is 9.40 Å². The first-order valence-electron chi connectivity index (χ1n) is 7.46. The van der Waals surface area contributed by atoms with Gasteiger partial charge in [-0.3, -0.25) is 9.89 Å². The van der Waals surface area contributed by atoms with Crippen molar-refractivity contribution in [3.63, 3.8) is 0 Å². The van der Waals surface area contributed by atoms with Crippen LogP contribution in [0.4, 0.5) is 5.69 Å². The number of rotatable bonds is 5. The van der Waals surface area contributed by atoms with Crippen LogP contribution in [0.15, 0.2) is 23.1 Å². The summed E-state index contributed by atoms with van der Waals surface area (Å²) in [5.41, 5.74) is 1.29. The van der Waals surface area contributed by atoms with E-state index < -0.39 is 15.9 Å². The molecule has 134 valence electrons. The van der Waals surface area contributed by atoms with Crippen molar-refractivity contribution in [1.29, 1.82) is 0 Å². The van der Waals surface area contributed by atoms with Crippen molar-refractivity contribution in [2.75, 3.05) is 25.7 Å². The molecular formula is C15H18N4O5S. The Morgan fingerprint density at radius 1 is 1.32 bits per heavy atom. The molecule has 10 heteroatoms. The number of nitrogens with one attached hydrogen (secondary N) is 2. The van der Waals surface area contributed by atoms with Crippen molar-refractivity contribution in [2.24, 2.45) is 0 Å². The minimum absolute atomic E-state index is 0.0888. The van der Waals surface area contributed by atoms with Gasteiger partial charge in [0.15, 0.2) is 11.5 Å². The number of hydrogen-bond acceptors (Lipinski definition) is 6. The Morgan fingerprint density at radius 2 is 2.04 bits per heavy atom. The van der Waals surface area contributed by atoms with Crippen LogP contribution in [0.5, 0.6) is 11.5 Å². The lowest BCUT2D eigenvalue weighted by Crippen LogP contribution is -2.35. The van der Waals surface area contributed by atoms with Crippen LogP contribution in [0, 0.1) is 13.8 Å². The molecule has 3 rings (SSSR count). The monoisotopic (exact) mass is 366 g/mol. The second kappa shape index (κ2) is 6.37. The molecule has 2 N–H and O–H groups in total. The number of ether oxygens (including phenoxy) is 2. The third kappa shape index (κ3) is 3.30. The van der Waals surface area contributed by atoms with Gasteiger partial charge in [0, 0.05) is 18.8 Å². The summed E-state index contributed by atoms with van der Waals surface area (Å²) in [5.74, 6) is 0.663. The van der Waals surface area contributed by atoms with Gasteiger partial charge < -0.3 is 14.8 Å². The fourth-order valence-corrected chi connectivity index (χ4v) is 3.99. The number of carbonyl (C=O) groups is 1. The Kier molecular flexibility index (Phi) is 4.39. The van der Waals surface area contributed by atoms with E-state index in [1.807, 2.05) is 0 Å². The quantitative estimate of drug-likeness (QED) is 0.816. The Labute approximate surface area is 145 Å². The summed E-state index contributed by atoms with van der Waals surface area (Å²) in [6.07, 6.45) is 0. The number of H-pyrrole nitrogens is 1. The molecular weight excluding hydrogens is 348 g/mol. The molecule has 0 radical (unpaired) electrons. The number of benzene rings is 1. The molecule has 1 aliphatic heterocycles. The number of amides is 1. The van der Waals surface area contributed by atoms with Gasteiger partial charge in [0.2, 0.25) is 22.7 Å². The van der Waals surface area contributed by atoms with Gasteiger partial charge in [-0.05, 0) is 26.0 Å². The third-order valence-corrected chi connectivity index (χ3v) is 5.82. The average Bonchev–Trinajstić information content (AvgIpc) is 3.13. The Bertz CT molecular complexity index is 902. The number of carbonyl (C=O) groups excluding carboxylic acids is 1. The Balaban J connectivity index is 1.70. The number of aromatic nitrogens is 2. The summed E-state index contributed by atoms with van der Waals surface area (Å²) in [5, 5.41) is 9.17. The number of likely N-dealkylation sites (N-methyl/N-ethyl adjacent to an activating group) is 1. The average molecular weight is 366 g/mol. The molecule has 0 atom stereocenters. The predicted molar refractivity (Wildman–Crippen MR) is 89.1 cm³/mol. The molecule has 1 amide bonds.